The number of carboxylic acids is 1. The van der Waals surface area contributed by atoms with Crippen molar-refractivity contribution >= 4 is 12.3 Å². The highest BCUT2D eigenvalue weighted by Crippen LogP contribution is 2.68. The maximum atomic E-state index is 11.0. The highest BCUT2D eigenvalue weighted by molar-refractivity contribution is 5.71. The van der Waals surface area contributed by atoms with E-state index in [0.717, 1.165) is 49.2 Å². The Morgan fingerprint density at radius 2 is 1.83 bits per heavy atom. The summed E-state index contributed by atoms with van der Waals surface area (Å²) < 4.78 is 0. The summed E-state index contributed by atoms with van der Waals surface area (Å²) in [7, 11) is 0. The Bertz CT molecular complexity index is 874. The number of fused-ring (bicyclic) bond motifs is 5. The third kappa shape index (κ3) is 5.21. The van der Waals surface area contributed by atoms with Gasteiger partial charge in [-0.25, -0.2) is 0 Å². The lowest BCUT2D eigenvalue weighted by Crippen LogP contribution is -2.54. The lowest BCUT2D eigenvalue weighted by molar-refractivity contribution is -0.138. The molecular weight excluding hydrogens is 438 g/mol. The number of carbonyl (C=O) groups excluding carboxylic acids is 1. The van der Waals surface area contributed by atoms with Crippen LogP contribution in [0.2, 0.25) is 0 Å². The first-order valence-electron chi connectivity index (χ1n) is 13.9. The molecule has 2 N–H and O–H groups in total. The number of hydrogen-bond acceptors (Lipinski definition) is 4. The van der Waals surface area contributed by atoms with Gasteiger partial charge in [0.2, 0.25) is 0 Å². The molecule has 4 unspecified atom stereocenters. The molecule has 9 atom stereocenters. The van der Waals surface area contributed by atoms with E-state index < -0.39 is 5.97 Å². The molecule has 0 saturated heterocycles. The van der Waals surface area contributed by atoms with Crippen molar-refractivity contribution in [3.8, 4) is 0 Å². The summed E-state index contributed by atoms with van der Waals surface area (Å²) in [5.41, 5.74) is 1.36. The predicted octanol–water partition coefficient (Wildman–Crippen LogP) is 6.40. The molecule has 5 rings (SSSR count). The standard InChI is InChI=1S/C24H40O3.C6H5NO/c1-15(4-9-22(26)27)19-7-8-20-18-6-5-16-14-17(25)10-12-23(16,2)21(18)11-13-24(19,20)3;8-5-6-3-1-2-4-7-6/h15-21,25H,4-14H2,1-3H3,(H,26,27);1-5H/t15-,16?,17-,18?,19-,20?,21?,23+,24-;/m1./s1. The molecule has 1 aromatic rings. The molecule has 35 heavy (non-hydrogen) atoms. The van der Waals surface area contributed by atoms with Gasteiger partial charge in [0.05, 0.1) is 6.10 Å². The molecule has 0 aliphatic heterocycles. The van der Waals surface area contributed by atoms with E-state index in [-0.39, 0.29) is 6.10 Å². The number of aldehydes is 1. The van der Waals surface area contributed by atoms with E-state index in [0.29, 0.717) is 34.8 Å². The Morgan fingerprint density at radius 3 is 2.49 bits per heavy atom. The van der Waals surface area contributed by atoms with Crippen LogP contribution in [0.4, 0.5) is 0 Å². The molecule has 4 saturated carbocycles. The van der Waals surface area contributed by atoms with Crippen molar-refractivity contribution in [2.75, 3.05) is 0 Å². The first kappa shape index (κ1) is 26.3. The number of carboxylic acid groups (broad SMARTS) is 1. The number of pyridine rings is 1. The molecule has 4 aliphatic rings. The van der Waals surface area contributed by atoms with Crippen LogP contribution in [0.1, 0.15) is 102 Å². The van der Waals surface area contributed by atoms with Crippen molar-refractivity contribution in [1.29, 1.82) is 0 Å². The molecule has 1 heterocycles. The second kappa shape index (κ2) is 10.7. The molecule has 5 heteroatoms. The second-order valence-electron chi connectivity index (χ2n) is 12.6. The zero-order valence-corrected chi connectivity index (χ0v) is 21.9. The van der Waals surface area contributed by atoms with Gasteiger partial charge in [-0.2, -0.15) is 0 Å². The molecule has 4 fully saturated rings. The largest absolute Gasteiger partial charge is 0.481 e. The normalized spacial score (nSPS) is 40.8. The molecule has 4 aliphatic carbocycles. The molecule has 0 spiro atoms. The molecule has 0 aromatic carbocycles. The lowest BCUT2D eigenvalue weighted by Gasteiger charge is -2.61. The van der Waals surface area contributed by atoms with Gasteiger partial charge in [-0.05, 0) is 123 Å². The van der Waals surface area contributed by atoms with Crippen LogP contribution in [-0.4, -0.2) is 33.6 Å². The van der Waals surface area contributed by atoms with E-state index >= 15 is 0 Å². The predicted molar refractivity (Wildman–Crippen MR) is 137 cm³/mol. The highest BCUT2D eigenvalue weighted by Gasteiger charge is 2.60. The second-order valence-corrected chi connectivity index (χ2v) is 12.6. The fourth-order valence-corrected chi connectivity index (χ4v) is 9.21. The van der Waals surface area contributed by atoms with Gasteiger partial charge in [0, 0.05) is 12.6 Å². The van der Waals surface area contributed by atoms with Crippen molar-refractivity contribution in [2.45, 2.75) is 97.5 Å². The number of hydrogen-bond donors (Lipinski definition) is 2. The topological polar surface area (TPSA) is 87.5 Å². The minimum Gasteiger partial charge on any atom is -0.481 e. The van der Waals surface area contributed by atoms with E-state index in [9.17, 15) is 14.7 Å². The van der Waals surface area contributed by atoms with Crippen LogP contribution < -0.4 is 0 Å². The SMILES string of the molecule is C[C@H](CCC(=O)O)[C@H]1CCC2C3CCC4C[C@H](O)CC[C@]4(C)C3CC[C@@]21C.O=Cc1ccccn1. The highest BCUT2D eigenvalue weighted by atomic mass is 16.4. The minimum absolute atomic E-state index is 0.0561. The third-order valence-corrected chi connectivity index (χ3v) is 11.0. The number of carbonyl (C=O) groups is 2. The molecule has 0 amide bonds. The van der Waals surface area contributed by atoms with Crippen LogP contribution in [0.3, 0.4) is 0 Å². The smallest absolute Gasteiger partial charge is 0.303 e. The summed E-state index contributed by atoms with van der Waals surface area (Å²) in [6.45, 7) is 7.43. The fourth-order valence-electron chi connectivity index (χ4n) is 9.21. The Balaban J connectivity index is 0.000000308. The van der Waals surface area contributed by atoms with Crippen molar-refractivity contribution in [3.63, 3.8) is 0 Å². The van der Waals surface area contributed by atoms with Crippen molar-refractivity contribution in [1.82, 2.24) is 4.98 Å². The summed E-state index contributed by atoms with van der Waals surface area (Å²) in [6.07, 6.45) is 14.8. The molecular formula is C30H45NO4. The molecule has 5 nitrogen and oxygen atoms in total. The average molecular weight is 484 g/mol. The van der Waals surface area contributed by atoms with Crippen LogP contribution in [0.25, 0.3) is 0 Å². The average Bonchev–Trinajstić information content (AvgIpc) is 3.21. The van der Waals surface area contributed by atoms with Gasteiger partial charge in [-0.15, -0.1) is 0 Å². The maximum Gasteiger partial charge on any atom is 0.303 e. The molecule has 0 bridgehead atoms. The van der Waals surface area contributed by atoms with E-state index in [4.69, 9.17) is 5.11 Å². The van der Waals surface area contributed by atoms with Gasteiger partial charge >= 0.3 is 5.97 Å². The van der Waals surface area contributed by atoms with Crippen LogP contribution in [0.5, 0.6) is 0 Å². The van der Waals surface area contributed by atoms with Gasteiger partial charge < -0.3 is 10.2 Å². The number of aliphatic carboxylic acids is 1. The van der Waals surface area contributed by atoms with E-state index in [1.807, 2.05) is 0 Å². The zero-order valence-electron chi connectivity index (χ0n) is 21.9. The van der Waals surface area contributed by atoms with Gasteiger partial charge in [-0.1, -0.05) is 26.8 Å². The lowest BCUT2D eigenvalue weighted by atomic mass is 9.44. The van der Waals surface area contributed by atoms with E-state index in [1.165, 1.54) is 44.9 Å². The van der Waals surface area contributed by atoms with Crippen molar-refractivity contribution in [2.24, 2.45) is 46.3 Å². The van der Waals surface area contributed by atoms with E-state index in [1.54, 1.807) is 24.4 Å². The number of aromatic nitrogens is 1. The summed E-state index contributed by atoms with van der Waals surface area (Å²) in [5.74, 6) is 3.91. The number of nitrogens with zero attached hydrogens (tertiary/aromatic N) is 1. The zero-order chi connectivity index (χ0) is 25.2. The first-order chi connectivity index (χ1) is 16.7. The maximum absolute atomic E-state index is 11.0. The quantitative estimate of drug-likeness (QED) is 0.473. The summed E-state index contributed by atoms with van der Waals surface area (Å²) >= 11 is 0. The minimum atomic E-state index is -0.643. The summed E-state index contributed by atoms with van der Waals surface area (Å²) in [5, 5.41) is 19.3. The summed E-state index contributed by atoms with van der Waals surface area (Å²) in [4.78, 5) is 24.7. The Kier molecular flexibility index (Phi) is 8.05. The molecule has 1 aromatic heterocycles. The Hall–Kier alpha value is -1.75. The Labute approximate surface area is 211 Å². The van der Waals surface area contributed by atoms with Gasteiger partial charge in [0.1, 0.15) is 5.69 Å². The van der Waals surface area contributed by atoms with Gasteiger partial charge in [0.15, 0.2) is 6.29 Å². The summed E-state index contributed by atoms with van der Waals surface area (Å²) in [6, 6.07) is 5.21. The fraction of sp³-hybridized carbons (Fsp3) is 0.767. The van der Waals surface area contributed by atoms with Gasteiger partial charge in [0.25, 0.3) is 0 Å². The van der Waals surface area contributed by atoms with Gasteiger partial charge in [-0.3, -0.25) is 14.6 Å². The Morgan fingerprint density at radius 1 is 1.09 bits per heavy atom. The number of aliphatic hydroxyl groups excluding tert-OH is 1. The third-order valence-electron chi connectivity index (χ3n) is 11.0. The van der Waals surface area contributed by atoms with Crippen LogP contribution in [-0.2, 0) is 4.79 Å². The number of aliphatic hydroxyl groups is 1. The van der Waals surface area contributed by atoms with Crippen LogP contribution in [0.15, 0.2) is 24.4 Å². The molecule has 194 valence electrons. The van der Waals surface area contributed by atoms with E-state index in [2.05, 4.69) is 25.8 Å². The number of rotatable bonds is 5. The molecule has 0 radical (unpaired) electrons. The van der Waals surface area contributed by atoms with Crippen LogP contribution in [0, 0.1) is 46.3 Å². The first-order valence-corrected chi connectivity index (χ1v) is 13.9. The monoisotopic (exact) mass is 483 g/mol. The van der Waals surface area contributed by atoms with Crippen molar-refractivity contribution in [3.05, 3.63) is 30.1 Å². The van der Waals surface area contributed by atoms with Crippen molar-refractivity contribution < 1.29 is 19.8 Å². The van der Waals surface area contributed by atoms with Crippen LogP contribution >= 0.6 is 0 Å².